The van der Waals surface area contributed by atoms with Crippen molar-refractivity contribution in [1.82, 2.24) is 20.4 Å². The van der Waals surface area contributed by atoms with Crippen LogP contribution in [0.3, 0.4) is 0 Å². The zero-order chi connectivity index (χ0) is 21.0. The number of fused-ring (bicyclic) bond motifs is 1. The van der Waals surface area contributed by atoms with Crippen LogP contribution in [0.4, 0.5) is 0 Å². The van der Waals surface area contributed by atoms with Crippen LogP contribution in [0.1, 0.15) is 31.4 Å². The maximum atomic E-state index is 12.5. The van der Waals surface area contributed by atoms with Crippen LogP contribution < -0.4 is 21.9 Å². The second kappa shape index (κ2) is 8.85. The highest BCUT2D eigenvalue weighted by molar-refractivity contribution is 5.88. The molecule has 1 aliphatic rings. The Hall–Kier alpha value is -3.23. The molecule has 0 radical (unpaired) electrons. The van der Waals surface area contributed by atoms with Gasteiger partial charge in [0, 0.05) is 24.4 Å². The van der Waals surface area contributed by atoms with Crippen LogP contribution in [0.25, 0.3) is 10.8 Å². The second-order valence-electron chi connectivity index (χ2n) is 7.40. The number of aromatic nitrogens is 2. The van der Waals surface area contributed by atoms with Crippen molar-refractivity contribution in [3.8, 4) is 0 Å². The van der Waals surface area contributed by atoms with Crippen molar-refractivity contribution < 1.29 is 14.4 Å². The quantitative estimate of drug-likeness (QED) is 0.615. The molecule has 1 aromatic carbocycles. The van der Waals surface area contributed by atoms with Gasteiger partial charge in [-0.05, 0) is 31.7 Å². The van der Waals surface area contributed by atoms with E-state index >= 15 is 0 Å². The Labute approximate surface area is 167 Å². The highest BCUT2D eigenvalue weighted by Gasteiger charge is 2.27. The molecule has 9 nitrogen and oxygen atoms in total. The van der Waals surface area contributed by atoms with Gasteiger partial charge in [-0.15, -0.1) is 0 Å². The molecule has 3 rings (SSSR count). The fourth-order valence-corrected chi connectivity index (χ4v) is 3.76. The van der Waals surface area contributed by atoms with Gasteiger partial charge in [-0.2, -0.15) is 5.10 Å². The van der Waals surface area contributed by atoms with Gasteiger partial charge < -0.3 is 16.4 Å². The summed E-state index contributed by atoms with van der Waals surface area (Å²) >= 11 is 0. The predicted molar refractivity (Wildman–Crippen MR) is 107 cm³/mol. The number of carbonyl (C=O) groups is 3. The SMILES string of the molecule is Cn1nc(CC(=O)NC2CCC(C(=O)NCC(N)=O)CC2)c2ccccc2c1=O. The van der Waals surface area contributed by atoms with Crippen molar-refractivity contribution in [2.45, 2.75) is 38.1 Å². The van der Waals surface area contributed by atoms with Gasteiger partial charge in [0.15, 0.2) is 0 Å². The minimum absolute atomic E-state index is 0.0125. The lowest BCUT2D eigenvalue weighted by Gasteiger charge is -2.28. The van der Waals surface area contributed by atoms with E-state index in [-0.39, 0.29) is 42.3 Å². The van der Waals surface area contributed by atoms with Gasteiger partial charge in [0.1, 0.15) is 0 Å². The van der Waals surface area contributed by atoms with E-state index in [0.29, 0.717) is 42.1 Å². The molecule has 1 aromatic heterocycles. The Morgan fingerprint density at radius 3 is 2.45 bits per heavy atom. The first kappa shape index (κ1) is 20.5. The molecule has 1 heterocycles. The molecule has 0 bridgehead atoms. The number of hydrogen-bond acceptors (Lipinski definition) is 5. The Morgan fingerprint density at radius 2 is 1.79 bits per heavy atom. The number of aryl methyl sites for hydroxylation is 1. The van der Waals surface area contributed by atoms with Crippen molar-refractivity contribution in [2.24, 2.45) is 18.7 Å². The Balaban J connectivity index is 1.57. The van der Waals surface area contributed by atoms with Gasteiger partial charge in [0.05, 0.1) is 24.0 Å². The van der Waals surface area contributed by atoms with Gasteiger partial charge in [-0.25, -0.2) is 4.68 Å². The summed E-state index contributed by atoms with van der Waals surface area (Å²) < 4.78 is 1.25. The van der Waals surface area contributed by atoms with Crippen LogP contribution in [0.2, 0.25) is 0 Å². The lowest BCUT2D eigenvalue weighted by atomic mass is 9.85. The summed E-state index contributed by atoms with van der Waals surface area (Å²) in [4.78, 5) is 47.5. The van der Waals surface area contributed by atoms with Crippen LogP contribution in [0.15, 0.2) is 29.1 Å². The second-order valence-corrected chi connectivity index (χ2v) is 7.40. The lowest BCUT2D eigenvalue weighted by molar-refractivity contribution is -0.128. The molecule has 4 N–H and O–H groups in total. The standard InChI is InChI=1S/C20H25N5O4/c1-25-20(29)15-5-3-2-4-14(15)16(24-25)10-18(27)23-13-8-6-12(7-9-13)19(28)22-11-17(21)26/h2-5,12-13H,6-11H2,1H3,(H2,21,26)(H,22,28)(H,23,27). The number of rotatable bonds is 6. The Bertz CT molecular complexity index is 992. The van der Waals surface area contributed by atoms with E-state index < -0.39 is 5.91 Å². The molecule has 3 amide bonds. The summed E-state index contributed by atoms with van der Waals surface area (Å²) in [6.45, 7) is -0.157. The average Bonchev–Trinajstić information content (AvgIpc) is 2.70. The van der Waals surface area contributed by atoms with E-state index in [4.69, 9.17) is 5.73 Å². The topological polar surface area (TPSA) is 136 Å². The van der Waals surface area contributed by atoms with Crippen molar-refractivity contribution in [3.63, 3.8) is 0 Å². The number of nitrogens with two attached hydrogens (primary N) is 1. The Kier molecular flexibility index (Phi) is 6.26. The molecule has 0 aliphatic heterocycles. The molecule has 0 atom stereocenters. The van der Waals surface area contributed by atoms with Gasteiger partial charge >= 0.3 is 0 Å². The highest BCUT2D eigenvalue weighted by Crippen LogP contribution is 2.24. The third kappa shape index (κ3) is 4.98. The lowest BCUT2D eigenvalue weighted by Crippen LogP contribution is -2.43. The third-order valence-electron chi connectivity index (χ3n) is 5.26. The zero-order valence-electron chi connectivity index (χ0n) is 16.3. The summed E-state index contributed by atoms with van der Waals surface area (Å²) in [5.74, 6) is -1.08. The number of benzene rings is 1. The Morgan fingerprint density at radius 1 is 1.14 bits per heavy atom. The molecule has 0 spiro atoms. The molecule has 1 saturated carbocycles. The van der Waals surface area contributed by atoms with E-state index in [0.717, 1.165) is 0 Å². The van der Waals surface area contributed by atoms with Gasteiger partial charge in [0.2, 0.25) is 17.7 Å². The summed E-state index contributed by atoms with van der Waals surface area (Å²) in [5.41, 5.74) is 5.40. The average molecular weight is 399 g/mol. The molecule has 1 aliphatic carbocycles. The molecule has 2 aromatic rings. The van der Waals surface area contributed by atoms with Crippen molar-refractivity contribution in [1.29, 1.82) is 0 Å². The maximum Gasteiger partial charge on any atom is 0.274 e. The molecule has 29 heavy (non-hydrogen) atoms. The van der Waals surface area contributed by atoms with Crippen molar-refractivity contribution in [3.05, 3.63) is 40.3 Å². The monoisotopic (exact) mass is 399 g/mol. The summed E-state index contributed by atoms with van der Waals surface area (Å²) in [6.07, 6.45) is 2.71. The van der Waals surface area contributed by atoms with Gasteiger partial charge in [-0.1, -0.05) is 18.2 Å². The van der Waals surface area contributed by atoms with Crippen LogP contribution in [0.5, 0.6) is 0 Å². The number of nitrogens with one attached hydrogen (secondary N) is 2. The van der Waals surface area contributed by atoms with Crippen LogP contribution in [0, 0.1) is 5.92 Å². The molecule has 1 fully saturated rings. The number of nitrogens with zero attached hydrogens (tertiary/aromatic N) is 2. The fourth-order valence-electron chi connectivity index (χ4n) is 3.76. The first-order valence-electron chi connectivity index (χ1n) is 9.65. The van der Waals surface area contributed by atoms with Crippen LogP contribution >= 0.6 is 0 Å². The third-order valence-corrected chi connectivity index (χ3v) is 5.26. The van der Waals surface area contributed by atoms with E-state index in [1.54, 1.807) is 25.2 Å². The van der Waals surface area contributed by atoms with Crippen LogP contribution in [-0.2, 0) is 27.9 Å². The van der Waals surface area contributed by atoms with Crippen molar-refractivity contribution >= 4 is 28.5 Å². The first-order chi connectivity index (χ1) is 13.8. The summed E-state index contributed by atoms with van der Waals surface area (Å²) in [6, 6.07) is 7.11. The number of hydrogen-bond donors (Lipinski definition) is 3. The minimum atomic E-state index is -0.571. The number of amides is 3. The van der Waals surface area contributed by atoms with Crippen LogP contribution in [-0.4, -0.2) is 40.1 Å². The molecular weight excluding hydrogens is 374 g/mol. The number of primary amides is 1. The highest BCUT2D eigenvalue weighted by atomic mass is 16.2. The van der Waals surface area contributed by atoms with E-state index in [1.807, 2.05) is 6.07 Å². The molecule has 9 heteroatoms. The first-order valence-corrected chi connectivity index (χ1v) is 9.65. The largest absolute Gasteiger partial charge is 0.368 e. The normalized spacial score (nSPS) is 18.9. The van der Waals surface area contributed by atoms with E-state index in [1.165, 1.54) is 4.68 Å². The molecule has 0 unspecified atom stereocenters. The van der Waals surface area contributed by atoms with E-state index in [9.17, 15) is 19.2 Å². The van der Waals surface area contributed by atoms with E-state index in [2.05, 4.69) is 15.7 Å². The minimum Gasteiger partial charge on any atom is -0.368 e. The van der Waals surface area contributed by atoms with Gasteiger partial charge in [-0.3, -0.25) is 19.2 Å². The zero-order valence-corrected chi connectivity index (χ0v) is 16.3. The fraction of sp³-hybridized carbons (Fsp3) is 0.450. The predicted octanol–water partition coefficient (Wildman–Crippen LogP) is -0.247. The molecular formula is C20H25N5O4. The maximum absolute atomic E-state index is 12.5. The number of carbonyl (C=O) groups excluding carboxylic acids is 3. The molecule has 154 valence electrons. The smallest absolute Gasteiger partial charge is 0.274 e. The summed E-state index contributed by atoms with van der Waals surface area (Å²) in [5, 5.41) is 11.0. The van der Waals surface area contributed by atoms with Gasteiger partial charge in [0.25, 0.3) is 5.56 Å². The van der Waals surface area contributed by atoms with Crippen molar-refractivity contribution in [2.75, 3.05) is 6.54 Å². The summed E-state index contributed by atoms with van der Waals surface area (Å²) in [7, 11) is 1.57. The molecule has 0 saturated heterocycles.